The van der Waals surface area contributed by atoms with Gasteiger partial charge in [-0.1, -0.05) is 13.8 Å². The molecule has 13 heavy (non-hydrogen) atoms. The van der Waals surface area contributed by atoms with Gasteiger partial charge in [-0.15, -0.1) is 0 Å². The van der Waals surface area contributed by atoms with Gasteiger partial charge in [0, 0.05) is 38.3 Å². The molecule has 0 aromatic carbocycles. The standard InChI is InChI=1S/C11H21NO/c1-10(2)7-12-8-11(9-12)3-5-13-6-4-11/h10H,3-9H2,1-2H3. The van der Waals surface area contributed by atoms with E-state index in [9.17, 15) is 0 Å². The second-order valence-corrected chi connectivity index (χ2v) is 5.18. The first-order valence-electron chi connectivity index (χ1n) is 5.50. The Balaban J connectivity index is 1.75. The highest BCUT2D eigenvalue weighted by molar-refractivity contribution is 4.96. The highest BCUT2D eigenvalue weighted by atomic mass is 16.5. The molecular weight excluding hydrogens is 162 g/mol. The van der Waals surface area contributed by atoms with E-state index in [0.29, 0.717) is 5.41 Å². The lowest BCUT2D eigenvalue weighted by Gasteiger charge is -2.52. The molecule has 0 N–H and O–H groups in total. The minimum atomic E-state index is 0.660. The Hall–Kier alpha value is -0.0800. The van der Waals surface area contributed by atoms with Crippen LogP contribution in [-0.4, -0.2) is 37.7 Å². The van der Waals surface area contributed by atoms with Crippen molar-refractivity contribution in [1.29, 1.82) is 0 Å². The molecule has 2 aliphatic heterocycles. The molecule has 0 aromatic rings. The molecule has 0 amide bonds. The zero-order valence-electron chi connectivity index (χ0n) is 8.88. The van der Waals surface area contributed by atoms with Crippen LogP contribution in [0.3, 0.4) is 0 Å². The van der Waals surface area contributed by atoms with Crippen LogP contribution < -0.4 is 0 Å². The topological polar surface area (TPSA) is 12.5 Å². The summed E-state index contributed by atoms with van der Waals surface area (Å²) in [5, 5.41) is 0. The van der Waals surface area contributed by atoms with Gasteiger partial charge in [-0.2, -0.15) is 0 Å². The number of hydrogen-bond acceptors (Lipinski definition) is 2. The van der Waals surface area contributed by atoms with Crippen molar-refractivity contribution >= 4 is 0 Å². The molecule has 0 radical (unpaired) electrons. The van der Waals surface area contributed by atoms with E-state index >= 15 is 0 Å². The summed E-state index contributed by atoms with van der Waals surface area (Å²) in [5.41, 5.74) is 0.660. The van der Waals surface area contributed by atoms with E-state index < -0.39 is 0 Å². The Morgan fingerprint density at radius 2 is 1.85 bits per heavy atom. The monoisotopic (exact) mass is 183 g/mol. The third-order valence-corrected chi connectivity index (χ3v) is 3.29. The van der Waals surface area contributed by atoms with Gasteiger partial charge in [0.15, 0.2) is 0 Å². The van der Waals surface area contributed by atoms with Crippen LogP contribution >= 0.6 is 0 Å². The van der Waals surface area contributed by atoms with E-state index in [0.717, 1.165) is 19.1 Å². The molecule has 2 rings (SSSR count). The summed E-state index contributed by atoms with van der Waals surface area (Å²) < 4.78 is 5.40. The molecule has 0 unspecified atom stereocenters. The van der Waals surface area contributed by atoms with E-state index in [-0.39, 0.29) is 0 Å². The van der Waals surface area contributed by atoms with Gasteiger partial charge in [-0.3, -0.25) is 0 Å². The molecule has 0 aliphatic carbocycles. The molecule has 76 valence electrons. The normalized spacial score (nSPS) is 27.9. The molecule has 2 nitrogen and oxygen atoms in total. The Kier molecular flexibility index (Phi) is 2.61. The highest BCUT2D eigenvalue weighted by Gasteiger charge is 2.43. The molecular formula is C11H21NO. The number of ether oxygens (including phenoxy) is 1. The quantitative estimate of drug-likeness (QED) is 0.647. The van der Waals surface area contributed by atoms with E-state index in [2.05, 4.69) is 18.7 Å². The molecule has 0 atom stereocenters. The van der Waals surface area contributed by atoms with Crippen LogP contribution in [0.15, 0.2) is 0 Å². The van der Waals surface area contributed by atoms with Crippen LogP contribution in [0.4, 0.5) is 0 Å². The van der Waals surface area contributed by atoms with Crippen LogP contribution in [0.5, 0.6) is 0 Å². The Bertz CT molecular complexity index is 165. The summed E-state index contributed by atoms with van der Waals surface area (Å²) in [4.78, 5) is 2.59. The minimum absolute atomic E-state index is 0.660. The van der Waals surface area contributed by atoms with Gasteiger partial charge < -0.3 is 9.64 Å². The fourth-order valence-electron chi connectivity index (χ4n) is 2.67. The molecule has 2 saturated heterocycles. The predicted molar refractivity (Wildman–Crippen MR) is 53.8 cm³/mol. The summed E-state index contributed by atoms with van der Waals surface area (Å²) in [6.07, 6.45) is 2.59. The van der Waals surface area contributed by atoms with Gasteiger partial charge in [0.1, 0.15) is 0 Å². The van der Waals surface area contributed by atoms with Gasteiger partial charge in [0.2, 0.25) is 0 Å². The fraction of sp³-hybridized carbons (Fsp3) is 1.00. The molecule has 1 spiro atoms. The van der Waals surface area contributed by atoms with Gasteiger partial charge in [-0.05, 0) is 18.8 Å². The molecule has 2 aliphatic rings. The van der Waals surface area contributed by atoms with Gasteiger partial charge in [-0.25, -0.2) is 0 Å². The summed E-state index contributed by atoms with van der Waals surface area (Å²) in [7, 11) is 0. The Morgan fingerprint density at radius 3 is 2.38 bits per heavy atom. The largest absolute Gasteiger partial charge is 0.381 e. The van der Waals surface area contributed by atoms with Crippen molar-refractivity contribution in [2.75, 3.05) is 32.8 Å². The van der Waals surface area contributed by atoms with E-state index in [1.54, 1.807) is 0 Å². The number of likely N-dealkylation sites (tertiary alicyclic amines) is 1. The van der Waals surface area contributed by atoms with Crippen molar-refractivity contribution in [3.05, 3.63) is 0 Å². The first-order chi connectivity index (χ1) is 6.20. The highest BCUT2D eigenvalue weighted by Crippen LogP contribution is 2.39. The van der Waals surface area contributed by atoms with Crippen LogP contribution in [-0.2, 0) is 4.74 Å². The number of hydrogen-bond donors (Lipinski definition) is 0. The molecule has 2 heterocycles. The average molecular weight is 183 g/mol. The first-order valence-corrected chi connectivity index (χ1v) is 5.50. The fourth-order valence-corrected chi connectivity index (χ4v) is 2.67. The van der Waals surface area contributed by atoms with Crippen molar-refractivity contribution in [3.63, 3.8) is 0 Å². The van der Waals surface area contributed by atoms with Crippen LogP contribution in [0, 0.1) is 11.3 Å². The maximum absolute atomic E-state index is 5.40. The van der Waals surface area contributed by atoms with Crippen LogP contribution in [0.2, 0.25) is 0 Å². The number of rotatable bonds is 2. The van der Waals surface area contributed by atoms with Crippen LogP contribution in [0.25, 0.3) is 0 Å². The molecule has 2 heteroatoms. The lowest BCUT2D eigenvalue weighted by atomic mass is 9.73. The van der Waals surface area contributed by atoms with Gasteiger partial charge in [0.25, 0.3) is 0 Å². The smallest absolute Gasteiger partial charge is 0.0472 e. The molecule has 0 bridgehead atoms. The van der Waals surface area contributed by atoms with E-state index in [1.165, 1.54) is 32.5 Å². The zero-order valence-corrected chi connectivity index (χ0v) is 8.88. The van der Waals surface area contributed by atoms with Crippen molar-refractivity contribution < 1.29 is 4.74 Å². The minimum Gasteiger partial charge on any atom is -0.381 e. The second-order valence-electron chi connectivity index (χ2n) is 5.18. The maximum atomic E-state index is 5.40. The summed E-state index contributed by atoms with van der Waals surface area (Å²) in [6.45, 7) is 10.5. The molecule has 0 aromatic heterocycles. The van der Waals surface area contributed by atoms with Crippen molar-refractivity contribution in [1.82, 2.24) is 4.90 Å². The summed E-state index contributed by atoms with van der Waals surface area (Å²) in [6, 6.07) is 0. The molecule has 2 fully saturated rings. The summed E-state index contributed by atoms with van der Waals surface area (Å²) >= 11 is 0. The predicted octanol–water partition coefficient (Wildman–Crippen LogP) is 1.75. The maximum Gasteiger partial charge on any atom is 0.0472 e. The van der Waals surface area contributed by atoms with Gasteiger partial charge in [0.05, 0.1) is 0 Å². The lowest BCUT2D eigenvalue weighted by molar-refractivity contribution is -0.0836. The van der Waals surface area contributed by atoms with Crippen molar-refractivity contribution in [2.45, 2.75) is 26.7 Å². The Morgan fingerprint density at radius 1 is 1.23 bits per heavy atom. The van der Waals surface area contributed by atoms with Crippen LogP contribution in [0.1, 0.15) is 26.7 Å². The molecule has 0 saturated carbocycles. The number of nitrogens with zero attached hydrogens (tertiary/aromatic N) is 1. The third-order valence-electron chi connectivity index (χ3n) is 3.29. The zero-order chi connectivity index (χ0) is 9.31. The van der Waals surface area contributed by atoms with E-state index in [4.69, 9.17) is 4.74 Å². The van der Waals surface area contributed by atoms with Crippen molar-refractivity contribution in [3.8, 4) is 0 Å². The van der Waals surface area contributed by atoms with Crippen molar-refractivity contribution in [2.24, 2.45) is 11.3 Å². The summed E-state index contributed by atoms with van der Waals surface area (Å²) in [5.74, 6) is 0.817. The van der Waals surface area contributed by atoms with E-state index in [1.807, 2.05) is 0 Å². The first kappa shape index (κ1) is 9.47. The SMILES string of the molecule is CC(C)CN1CC2(CCOCC2)C1. The lowest BCUT2D eigenvalue weighted by Crippen LogP contribution is -2.58. The van der Waals surface area contributed by atoms with Gasteiger partial charge >= 0.3 is 0 Å². The Labute approximate surface area is 81.3 Å². The average Bonchev–Trinajstić information content (AvgIpc) is 2.02. The third kappa shape index (κ3) is 2.05. The second kappa shape index (κ2) is 3.58.